The lowest BCUT2D eigenvalue weighted by Crippen LogP contribution is -2.49. The molecule has 2 atom stereocenters. The Bertz CT molecular complexity index is 1470. The first-order valence-corrected chi connectivity index (χ1v) is 12.8. The Morgan fingerprint density at radius 2 is 1.63 bits per heavy atom. The summed E-state index contributed by atoms with van der Waals surface area (Å²) in [6.07, 6.45) is 0.605. The van der Waals surface area contributed by atoms with Crippen molar-refractivity contribution in [2.24, 2.45) is 0 Å². The van der Waals surface area contributed by atoms with Crippen LogP contribution in [0.3, 0.4) is 0 Å². The lowest BCUT2D eigenvalue weighted by Gasteiger charge is -2.26. The molecule has 0 aliphatic carbocycles. The van der Waals surface area contributed by atoms with Gasteiger partial charge in [0.2, 0.25) is 11.8 Å². The highest BCUT2D eigenvalue weighted by Gasteiger charge is 2.35. The highest BCUT2D eigenvalue weighted by Crippen LogP contribution is 2.29. The maximum Gasteiger partial charge on any atom is 0.407 e. The number of fused-ring (bicyclic) bond motifs is 3. The third-order valence-corrected chi connectivity index (χ3v) is 6.88. The van der Waals surface area contributed by atoms with E-state index in [1.54, 1.807) is 0 Å². The number of carbonyl (C=O) groups excluding carboxylic acids is 3. The molecule has 3 amide bonds. The Hall–Kier alpha value is -4.46. The van der Waals surface area contributed by atoms with E-state index < -0.39 is 12.1 Å². The number of para-hydroxylation sites is 1. The molecule has 8 nitrogen and oxygen atoms in total. The van der Waals surface area contributed by atoms with E-state index in [2.05, 4.69) is 16.7 Å². The molecule has 4 aromatic rings. The summed E-state index contributed by atoms with van der Waals surface area (Å²) >= 11 is 0. The number of rotatable bonds is 7. The third-order valence-electron chi connectivity index (χ3n) is 6.88. The van der Waals surface area contributed by atoms with Crippen LogP contribution in [0.25, 0.3) is 21.7 Å². The number of pyridine rings is 1. The topological polar surface area (TPSA) is 101 Å². The van der Waals surface area contributed by atoms with Gasteiger partial charge < -0.3 is 20.3 Å². The van der Waals surface area contributed by atoms with E-state index in [-0.39, 0.29) is 31.0 Å². The molecule has 1 aromatic heterocycles. The first-order chi connectivity index (χ1) is 18.5. The van der Waals surface area contributed by atoms with Crippen LogP contribution < -0.4 is 10.6 Å². The van der Waals surface area contributed by atoms with Gasteiger partial charge in [0.15, 0.2) is 0 Å². The first-order valence-electron chi connectivity index (χ1n) is 12.8. The van der Waals surface area contributed by atoms with Crippen LogP contribution in [0.1, 0.15) is 37.1 Å². The zero-order valence-corrected chi connectivity index (χ0v) is 21.2. The summed E-state index contributed by atoms with van der Waals surface area (Å²) in [6.45, 7) is 2.25. The standard InChI is InChI=1S/C30H30N4O4/c1-20(28-24-14-6-5-12-22(24)23-13-7-8-15-25(23)33-28)32-29(36)26-16-9-17-34(26)27(35)18-31-30(37)38-19-21-10-3-2-4-11-21/h2-8,10-15,20,26H,9,16-19H2,1H3,(H,31,37)(H,32,36)/t20?,26-/m0/s1. The second kappa shape index (κ2) is 11.3. The fourth-order valence-corrected chi connectivity index (χ4v) is 5.00. The van der Waals surface area contributed by atoms with E-state index in [4.69, 9.17) is 9.72 Å². The molecular weight excluding hydrogens is 480 g/mol. The van der Waals surface area contributed by atoms with E-state index in [9.17, 15) is 14.4 Å². The number of aromatic nitrogens is 1. The molecule has 1 unspecified atom stereocenters. The maximum atomic E-state index is 13.3. The molecule has 8 heteroatoms. The molecule has 1 aliphatic heterocycles. The first kappa shape index (κ1) is 25.2. The van der Waals surface area contributed by atoms with Gasteiger partial charge in [-0.25, -0.2) is 9.78 Å². The van der Waals surface area contributed by atoms with Crippen molar-refractivity contribution in [3.05, 3.63) is 90.1 Å². The number of carbonyl (C=O) groups is 3. The van der Waals surface area contributed by atoms with Crippen molar-refractivity contribution in [3.63, 3.8) is 0 Å². The highest BCUT2D eigenvalue weighted by molar-refractivity contribution is 6.06. The Morgan fingerprint density at radius 3 is 2.42 bits per heavy atom. The normalized spacial score (nSPS) is 15.8. The van der Waals surface area contributed by atoms with Crippen LogP contribution in [0.4, 0.5) is 4.79 Å². The molecule has 0 saturated carbocycles. The molecule has 38 heavy (non-hydrogen) atoms. The molecule has 1 fully saturated rings. The fraction of sp³-hybridized carbons (Fsp3) is 0.267. The second-order valence-electron chi connectivity index (χ2n) is 9.45. The largest absolute Gasteiger partial charge is 0.445 e. The van der Waals surface area contributed by atoms with Crippen LogP contribution in [-0.4, -0.2) is 46.9 Å². The van der Waals surface area contributed by atoms with Gasteiger partial charge in [-0.05, 0) is 36.8 Å². The van der Waals surface area contributed by atoms with Crippen molar-refractivity contribution < 1.29 is 19.1 Å². The molecule has 5 rings (SSSR count). The zero-order valence-electron chi connectivity index (χ0n) is 21.2. The Labute approximate surface area is 221 Å². The van der Waals surface area contributed by atoms with E-state index in [1.165, 1.54) is 4.90 Å². The van der Waals surface area contributed by atoms with E-state index in [1.807, 2.05) is 79.7 Å². The summed E-state index contributed by atoms with van der Waals surface area (Å²) in [5, 5.41) is 8.70. The number of ether oxygens (including phenoxy) is 1. The summed E-state index contributed by atoms with van der Waals surface area (Å²) in [4.78, 5) is 44.6. The van der Waals surface area contributed by atoms with Crippen LogP contribution in [0.15, 0.2) is 78.9 Å². The van der Waals surface area contributed by atoms with E-state index in [0.717, 1.165) is 32.9 Å². The predicted octanol–water partition coefficient (Wildman–Crippen LogP) is 4.48. The number of nitrogens with one attached hydrogen (secondary N) is 2. The van der Waals surface area contributed by atoms with Crippen molar-refractivity contribution in [2.75, 3.05) is 13.1 Å². The molecule has 2 N–H and O–H groups in total. The molecule has 0 bridgehead atoms. The Morgan fingerprint density at radius 1 is 0.947 bits per heavy atom. The summed E-state index contributed by atoms with van der Waals surface area (Å²) in [7, 11) is 0. The average Bonchev–Trinajstić information content (AvgIpc) is 3.45. The van der Waals surface area contributed by atoms with Crippen molar-refractivity contribution >= 4 is 39.6 Å². The Balaban J connectivity index is 1.22. The molecule has 1 saturated heterocycles. The SMILES string of the molecule is CC(NC(=O)[C@@H]1CCCN1C(=O)CNC(=O)OCc1ccccc1)c1nc2ccccc2c2ccccc12. The summed E-state index contributed by atoms with van der Waals surface area (Å²) in [5.74, 6) is -0.546. The van der Waals surface area contributed by atoms with E-state index >= 15 is 0 Å². The average molecular weight is 511 g/mol. The lowest BCUT2D eigenvalue weighted by molar-refractivity contribution is -0.138. The molecule has 194 valence electrons. The van der Waals surface area contributed by atoms with Gasteiger partial charge >= 0.3 is 6.09 Å². The van der Waals surface area contributed by atoms with Crippen molar-refractivity contribution in [1.82, 2.24) is 20.5 Å². The molecular formula is C30H30N4O4. The number of hydrogen-bond acceptors (Lipinski definition) is 5. The van der Waals surface area contributed by atoms with Gasteiger partial charge in [-0.15, -0.1) is 0 Å². The molecule has 1 aliphatic rings. The zero-order chi connectivity index (χ0) is 26.5. The fourth-order valence-electron chi connectivity index (χ4n) is 5.00. The van der Waals surface area contributed by atoms with Crippen LogP contribution in [0.2, 0.25) is 0 Å². The van der Waals surface area contributed by atoms with Gasteiger partial charge in [-0.3, -0.25) is 9.59 Å². The molecule has 0 spiro atoms. The van der Waals surface area contributed by atoms with Crippen LogP contribution >= 0.6 is 0 Å². The minimum Gasteiger partial charge on any atom is -0.445 e. The van der Waals surface area contributed by atoms with Gasteiger partial charge in [0.05, 0.1) is 17.3 Å². The number of hydrogen-bond donors (Lipinski definition) is 2. The minimum atomic E-state index is -0.676. The summed E-state index contributed by atoms with van der Waals surface area (Å²) in [6, 6.07) is 24.3. The quantitative estimate of drug-likeness (QED) is 0.357. The predicted molar refractivity (Wildman–Crippen MR) is 145 cm³/mol. The third kappa shape index (κ3) is 5.44. The van der Waals surface area contributed by atoms with Gasteiger partial charge in [-0.2, -0.15) is 0 Å². The Kier molecular flexibility index (Phi) is 7.49. The van der Waals surface area contributed by atoms with Gasteiger partial charge in [0.1, 0.15) is 19.2 Å². The number of likely N-dealkylation sites (tertiary alicyclic amines) is 1. The number of alkyl carbamates (subject to hydrolysis) is 1. The number of amides is 3. The molecule has 3 aromatic carbocycles. The van der Waals surface area contributed by atoms with Crippen LogP contribution in [0.5, 0.6) is 0 Å². The molecule has 2 heterocycles. The van der Waals surface area contributed by atoms with Crippen molar-refractivity contribution in [2.45, 2.75) is 38.5 Å². The van der Waals surface area contributed by atoms with Crippen molar-refractivity contribution in [3.8, 4) is 0 Å². The monoisotopic (exact) mass is 510 g/mol. The highest BCUT2D eigenvalue weighted by atomic mass is 16.5. The van der Waals surface area contributed by atoms with Gasteiger partial charge in [-0.1, -0.05) is 72.8 Å². The van der Waals surface area contributed by atoms with Crippen LogP contribution in [-0.2, 0) is 20.9 Å². The summed E-state index contributed by atoms with van der Waals surface area (Å²) in [5.41, 5.74) is 2.50. The lowest BCUT2D eigenvalue weighted by atomic mass is 10.0. The second-order valence-corrected chi connectivity index (χ2v) is 9.45. The van der Waals surface area contributed by atoms with Gasteiger partial charge in [0.25, 0.3) is 0 Å². The van der Waals surface area contributed by atoms with Gasteiger partial charge in [0, 0.05) is 17.3 Å². The minimum absolute atomic E-state index is 0.116. The number of benzene rings is 3. The smallest absolute Gasteiger partial charge is 0.407 e. The number of nitrogens with zero attached hydrogens (tertiary/aromatic N) is 2. The van der Waals surface area contributed by atoms with Crippen molar-refractivity contribution in [1.29, 1.82) is 0 Å². The molecule has 0 radical (unpaired) electrons. The van der Waals surface area contributed by atoms with Crippen LogP contribution in [0, 0.1) is 0 Å². The van der Waals surface area contributed by atoms with E-state index in [0.29, 0.717) is 19.4 Å². The maximum absolute atomic E-state index is 13.3. The summed E-state index contributed by atoms with van der Waals surface area (Å²) < 4.78 is 5.18.